The number of aromatic nitrogens is 1. The van der Waals surface area contributed by atoms with E-state index in [1.807, 2.05) is 19.1 Å². The van der Waals surface area contributed by atoms with Gasteiger partial charge in [0.2, 0.25) is 0 Å². The summed E-state index contributed by atoms with van der Waals surface area (Å²) in [6.07, 6.45) is 1.66. The third-order valence-corrected chi connectivity index (χ3v) is 3.95. The number of halogens is 2. The SMILES string of the molecule is Cc1cc(C(=O)Nc2cccnc2Br)ccc1Br. The maximum Gasteiger partial charge on any atom is 0.255 e. The van der Waals surface area contributed by atoms with E-state index in [-0.39, 0.29) is 5.91 Å². The first kappa shape index (κ1) is 13.2. The number of hydrogen-bond donors (Lipinski definition) is 1. The van der Waals surface area contributed by atoms with Crippen LogP contribution in [0.15, 0.2) is 45.6 Å². The molecule has 0 atom stereocenters. The van der Waals surface area contributed by atoms with E-state index >= 15 is 0 Å². The number of carbonyl (C=O) groups excluding carboxylic acids is 1. The number of aryl methyl sites for hydroxylation is 1. The Balaban J connectivity index is 2.22. The molecule has 0 aliphatic heterocycles. The van der Waals surface area contributed by atoms with Crippen LogP contribution in [0, 0.1) is 6.92 Å². The topological polar surface area (TPSA) is 42.0 Å². The fourth-order valence-electron chi connectivity index (χ4n) is 1.46. The zero-order chi connectivity index (χ0) is 13.1. The maximum atomic E-state index is 12.1. The van der Waals surface area contributed by atoms with Crippen molar-refractivity contribution in [3.05, 3.63) is 56.7 Å². The lowest BCUT2D eigenvalue weighted by Crippen LogP contribution is -2.12. The van der Waals surface area contributed by atoms with Crippen LogP contribution in [0.4, 0.5) is 5.69 Å². The van der Waals surface area contributed by atoms with E-state index in [4.69, 9.17) is 0 Å². The number of nitrogens with one attached hydrogen (secondary N) is 1. The Bertz CT molecular complexity index is 599. The molecule has 0 bridgehead atoms. The van der Waals surface area contributed by atoms with Crippen molar-refractivity contribution in [3.8, 4) is 0 Å². The van der Waals surface area contributed by atoms with E-state index in [0.29, 0.717) is 15.9 Å². The molecule has 0 radical (unpaired) electrons. The van der Waals surface area contributed by atoms with Crippen molar-refractivity contribution >= 4 is 43.5 Å². The van der Waals surface area contributed by atoms with Crippen LogP contribution in [-0.4, -0.2) is 10.9 Å². The summed E-state index contributed by atoms with van der Waals surface area (Å²) in [6, 6.07) is 9.04. The van der Waals surface area contributed by atoms with Gasteiger partial charge in [0.05, 0.1) is 5.69 Å². The van der Waals surface area contributed by atoms with Gasteiger partial charge < -0.3 is 5.32 Å². The van der Waals surface area contributed by atoms with Gasteiger partial charge in [-0.25, -0.2) is 4.98 Å². The Kier molecular flexibility index (Phi) is 4.14. The number of amides is 1. The molecule has 1 aromatic carbocycles. The van der Waals surface area contributed by atoms with E-state index < -0.39 is 0 Å². The van der Waals surface area contributed by atoms with Crippen molar-refractivity contribution in [2.24, 2.45) is 0 Å². The second kappa shape index (κ2) is 5.63. The molecule has 5 heteroatoms. The summed E-state index contributed by atoms with van der Waals surface area (Å²) in [5.41, 5.74) is 2.29. The van der Waals surface area contributed by atoms with Crippen LogP contribution in [0.2, 0.25) is 0 Å². The highest BCUT2D eigenvalue weighted by Crippen LogP contribution is 2.21. The standard InChI is InChI=1S/C13H10Br2N2O/c1-8-7-9(4-5-10(8)14)13(18)17-11-3-2-6-16-12(11)15/h2-7H,1H3,(H,17,18). The lowest BCUT2D eigenvalue weighted by atomic mass is 10.1. The van der Waals surface area contributed by atoms with Crippen LogP contribution in [0.3, 0.4) is 0 Å². The molecule has 0 fully saturated rings. The molecule has 3 nitrogen and oxygen atoms in total. The number of carbonyl (C=O) groups is 1. The zero-order valence-electron chi connectivity index (χ0n) is 9.58. The zero-order valence-corrected chi connectivity index (χ0v) is 12.7. The van der Waals surface area contributed by atoms with Crippen molar-refractivity contribution < 1.29 is 4.79 Å². The summed E-state index contributed by atoms with van der Waals surface area (Å²) >= 11 is 6.70. The minimum atomic E-state index is -0.153. The predicted octanol–water partition coefficient (Wildman–Crippen LogP) is 4.17. The molecule has 0 unspecified atom stereocenters. The molecular formula is C13H10Br2N2O. The Hall–Kier alpha value is -1.20. The predicted molar refractivity (Wildman–Crippen MR) is 78.8 cm³/mol. The average molecular weight is 370 g/mol. The smallest absolute Gasteiger partial charge is 0.255 e. The summed E-state index contributed by atoms with van der Waals surface area (Å²) in [5.74, 6) is -0.153. The number of benzene rings is 1. The number of pyridine rings is 1. The fraction of sp³-hybridized carbons (Fsp3) is 0.0769. The van der Waals surface area contributed by atoms with Gasteiger partial charge in [-0.1, -0.05) is 15.9 Å². The quantitative estimate of drug-likeness (QED) is 0.807. The summed E-state index contributed by atoms with van der Waals surface area (Å²) in [6.45, 7) is 1.95. The maximum absolute atomic E-state index is 12.1. The number of nitrogens with zero attached hydrogens (tertiary/aromatic N) is 1. The first-order valence-electron chi connectivity index (χ1n) is 5.26. The van der Waals surface area contributed by atoms with Gasteiger partial charge in [-0.3, -0.25) is 4.79 Å². The van der Waals surface area contributed by atoms with Crippen molar-refractivity contribution in [2.75, 3.05) is 5.32 Å². The van der Waals surface area contributed by atoms with E-state index in [0.717, 1.165) is 10.0 Å². The molecule has 1 heterocycles. The Morgan fingerprint density at radius 3 is 2.72 bits per heavy atom. The first-order chi connectivity index (χ1) is 8.58. The monoisotopic (exact) mass is 368 g/mol. The molecule has 1 aromatic heterocycles. The molecule has 2 rings (SSSR count). The van der Waals surface area contributed by atoms with Crippen molar-refractivity contribution in [3.63, 3.8) is 0 Å². The van der Waals surface area contributed by atoms with E-state index in [1.54, 1.807) is 24.4 Å². The van der Waals surface area contributed by atoms with Crippen LogP contribution in [-0.2, 0) is 0 Å². The molecule has 0 aliphatic carbocycles. The number of rotatable bonds is 2. The lowest BCUT2D eigenvalue weighted by Gasteiger charge is -2.07. The summed E-state index contributed by atoms with van der Waals surface area (Å²) in [7, 11) is 0. The van der Waals surface area contributed by atoms with Gasteiger partial charge >= 0.3 is 0 Å². The van der Waals surface area contributed by atoms with Gasteiger partial charge in [-0.2, -0.15) is 0 Å². The summed E-state index contributed by atoms with van der Waals surface area (Å²) in [5, 5.41) is 2.81. The molecule has 1 amide bonds. The largest absolute Gasteiger partial charge is 0.320 e. The minimum Gasteiger partial charge on any atom is -0.320 e. The Morgan fingerprint density at radius 1 is 1.28 bits per heavy atom. The van der Waals surface area contributed by atoms with Crippen LogP contribution in [0.25, 0.3) is 0 Å². The number of hydrogen-bond acceptors (Lipinski definition) is 2. The lowest BCUT2D eigenvalue weighted by molar-refractivity contribution is 0.102. The van der Waals surface area contributed by atoms with Crippen LogP contribution >= 0.6 is 31.9 Å². The van der Waals surface area contributed by atoms with Crippen LogP contribution < -0.4 is 5.32 Å². The molecule has 92 valence electrons. The van der Waals surface area contributed by atoms with Gasteiger partial charge in [-0.15, -0.1) is 0 Å². The van der Waals surface area contributed by atoms with Gasteiger partial charge in [-0.05, 0) is 58.7 Å². The fourth-order valence-corrected chi connectivity index (χ4v) is 2.06. The van der Waals surface area contributed by atoms with Crippen LogP contribution in [0.1, 0.15) is 15.9 Å². The van der Waals surface area contributed by atoms with Crippen molar-refractivity contribution in [1.82, 2.24) is 4.98 Å². The van der Waals surface area contributed by atoms with E-state index in [9.17, 15) is 4.79 Å². The van der Waals surface area contributed by atoms with Crippen molar-refractivity contribution in [2.45, 2.75) is 6.92 Å². The highest BCUT2D eigenvalue weighted by Gasteiger charge is 2.09. The van der Waals surface area contributed by atoms with E-state index in [2.05, 4.69) is 42.2 Å². The van der Waals surface area contributed by atoms with E-state index in [1.165, 1.54) is 0 Å². The van der Waals surface area contributed by atoms with Gasteiger partial charge in [0.25, 0.3) is 5.91 Å². The van der Waals surface area contributed by atoms with Gasteiger partial charge in [0.15, 0.2) is 0 Å². The van der Waals surface area contributed by atoms with Crippen LogP contribution in [0.5, 0.6) is 0 Å². The molecule has 0 saturated heterocycles. The summed E-state index contributed by atoms with van der Waals surface area (Å²) in [4.78, 5) is 16.1. The Labute approximate surface area is 122 Å². The van der Waals surface area contributed by atoms with Gasteiger partial charge in [0, 0.05) is 16.2 Å². The Morgan fingerprint density at radius 2 is 2.06 bits per heavy atom. The second-order valence-electron chi connectivity index (χ2n) is 3.76. The first-order valence-corrected chi connectivity index (χ1v) is 6.84. The molecule has 1 N–H and O–H groups in total. The second-order valence-corrected chi connectivity index (χ2v) is 5.37. The number of anilines is 1. The molecule has 0 aliphatic rings. The summed E-state index contributed by atoms with van der Waals surface area (Å²) < 4.78 is 1.61. The third-order valence-electron chi connectivity index (χ3n) is 2.43. The minimum absolute atomic E-state index is 0.153. The molecular weight excluding hydrogens is 360 g/mol. The van der Waals surface area contributed by atoms with Gasteiger partial charge in [0.1, 0.15) is 4.60 Å². The highest BCUT2D eigenvalue weighted by molar-refractivity contribution is 9.10. The van der Waals surface area contributed by atoms with Crippen molar-refractivity contribution in [1.29, 1.82) is 0 Å². The molecule has 0 spiro atoms. The average Bonchev–Trinajstić information content (AvgIpc) is 2.35. The third kappa shape index (κ3) is 2.97. The molecule has 2 aromatic rings. The molecule has 18 heavy (non-hydrogen) atoms. The normalized spacial score (nSPS) is 10.2. The molecule has 0 saturated carbocycles. The highest BCUT2D eigenvalue weighted by atomic mass is 79.9.